The first-order valence-corrected chi connectivity index (χ1v) is 11.2. The SMILES string of the molecule is C[C@H](CC(=O)c1ccon1)c1ccc(C2CN(c3ccc(OCC4CC4)cc3)C2)cc1. The molecule has 0 spiro atoms. The van der Waals surface area contributed by atoms with E-state index in [1.54, 1.807) is 6.07 Å². The predicted molar refractivity (Wildman–Crippen MR) is 120 cm³/mol. The van der Waals surface area contributed by atoms with E-state index in [1.807, 2.05) is 0 Å². The number of carbonyl (C=O) groups excluding carboxylic acids is 1. The number of Topliss-reactive ketones (excluding diaryl/α,β-unsaturated/α-hetero) is 1. The van der Waals surface area contributed by atoms with Gasteiger partial charge in [0.05, 0.1) is 6.61 Å². The van der Waals surface area contributed by atoms with Crippen molar-refractivity contribution in [1.82, 2.24) is 5.16 Å². The number of nitrogens with zero attached hydrogens (tertiary/aromatic N) is 2. The molecular weight excluding hydrogens is 388 g/mol. The molecule has 3 aromatic rings. The average Bonchev–Trinajstić information content (AvgIpc) is 3.42. The number of hydrogen-bond acceptors (Lipinski definition) is 5. The van der Waals surface area contributed by atoms with Gasteiger partial charge in [0.25, 0.3) is 0 Å². The molecule has 1 saturated carbocycles. The molecule has 1 atom stereocenters. The molecule has 1 aromatic heterocycles. The number of benzene rings is 2. The van der Waals surface area contributed by atoms with Gasteiger partial charge in [-0.15, -0.1) is 0 Å². The van der Waals surface area contributed by atoms with Gasteiger partial charge in [-0.3, -0.25) is 4.79 Å². The maximum absolute atomic E-state index is 12.2. The first-order chi connectivity index (χ1) is 15.2. The first kappa shape index (κ1) is 19.9. The minimum Gasteiger partial charge on any atom is -0.493 e. The van der Waals surface area contributed by atoms with Gasteiger partial charge in [0.2, 0.25) is 0 Å². The van der Waals surface area contributed by atoms with E-state index >= 15 is 0 Å². The van der Waals surface area contributed by atoms with Gasteiger partial charge in [-0.1, -0.05) is 36.3 Å². The highest BCUT2D eigenvalue weighted by atomic mass is 16.5. The van der Waals surface area contributed by atoms with E-state index < -0.39 is 0 Å². The van der Waals surface area contributed by atoms with Crippen molar-refractivity contribution in [3.05, 3.63) is 77.7 Å². The van der Waals surface area contributed by atoms with Crippen LogP contribution in [0.15, 0.2) is 65.4 Å². The van der Waals surface area contributed by atoms with Crippen LogP contribution in [-0.2, 0) is 0 Å². The molecule has 2 aromatic carbocycles. The zero-order chi connectivity index (χ0) is 21.2. The molecule has 0 amide bonds. The number of carbonyl (C=O) groups is 1. The van der Waals surface area contributed by atoms with E-state index in [-0.39, 0.29) is 11.7 Å². The van der Waals surface area contributed by atoms with E-state index in [0.717, 1.165) is 31.4 Å². The van der Waals surface area contributed by atoms with Crippen molar-refractivity contribution in [2.45, 2.75) is 38.0 Å². The smallest absolute Gasteiger partial charge is 0.185 e. The summed E-state index contributed by atoms with van der Waals surface area (Å²) in [5, 5.41) is 3.74. The van der Waals surface area contributed by atoms with Crippen molar-refractivity contribution in [2.24, 2.45) is 5.92 Å². The van der Waals surface area contributed by atoms with Crippen molar-refractivity contribution in [3.63, 3.8) is 0 Å². The van der Waals surface area contributed by atoms with Crippen molar-refractivity contribution < 1.29 is 14.1 Å². The highest BCUT2D eigenvalue weighted by Gasteiger charge is 2.28. The maximum Gasteiger partial charge on any atom is 0.185 e. The zero-order valence-electron chi connectivity index (χ0n) is 17.9. The Hall–Kier alpha value is -3.08. The van der Waals surface area contributed by atoms with Gasteiger partial charge >= 0.3 is 0 Å². The summed E-state index contributed by atoms with van der Waals surface area (Å²) < 4.78 is 10.6. The third-order valence-electron chi connectivity index (χ3n) is 6.46. The Kier molecular flexibility index (Phi) is 5.49. The van der Waals surface area contributed by atoms with Crippen molar-refractivity contribution in [1.29, 1.82) is 0 Å². The number of ether oxygens (including phenoxy) is 1. The average molecular weight is 417 g/mol. The standard InChI is InChI=1S/C26H28N2O3/c1-18(14-26(29)25-12-13-31-27-25)20-4-6-21(7-5-20)22-15-28(16-22)23-8-10-24(11-9-23)30-17-19-2-3-19/h4-13,18-19,22H,2-3,14-17H2,1H3/t18-/m1/s1. The summed E-state index contributed by atoms with van der Waals surface area (Å²) in [6, 6.07) is 18.9. The third kappa shape index (κ3) is 4.66. The second-order valence-corrected chi connectivity index (χ2v) is 8.93. The fourth-order valence-electron chi connectivity index (χ4n) is 4.11. The topological polar surface area (TPSA) is 55.6 Å². The van der Waals surface area contributed by atoms with Gasteiger partial charge in [-0.2, -0.15) is 0 Å². The molecular formula is C26H28N2O3. The molecule has 5 nitrogen and oxygen atoms in total. The van der Waals surface area contributed by atoms with E-state index in [4.69, 9.17) is 9.26 Å². The molecule has 2 aliphatic rings. The predicted octanol–water partition coefficient (Wildman–Crippen LogP) is 5.44. The molecule has 5 heteroatoms. The second-order valence-electron chi connectivity index (χ2n) is 8.93. The highest BCUT2D eigenvalue weighted by Crippen LogP contribution is 2.34. The Morgan fingerprint density at radius 3 is 2.48 bits per heavy atom. The Morgan fingerprint density at radius 2 is 1.84 bits per heavy atom. The highest BCUT2D eigenvalue weighted by molar-refractivity contribution is 5.94. The van der Waals surface area contributed by atoms with Crippen LogP contribution in [0.25, 0.3) is 0 Å². The van der Waals surface area contributed by atoms with Crippen molar-refractivity contribution in [2.75, 3.05) is 24.6 Å². The summed E-state index contributed by atoms with van der Waals surface area (Å²) >= 11 is 0. The lowest BCUT2D eigenvalue weighted by Gasteiger charge is -2.41. The quantitative estimate of drug-likeness (QED) is 0.435. The normalized spacial score (nSPS) is 17.3. The summed E-state index contributed by atoms with van der Waals surface area (Å²) in [5.74, 6) is 2.46. The van der Waals surface area contributed by atoms with Crippen LogP contribution in [0.2, 0.25) is 0 Å². The largest absolute Gasteiger partial charge is 0.493 e. The number of rotatable bonds is 9. The Labute approximate surface area is 183 Å². The minimum atomic E-state index is 0.0175. The molecule has 0 unspecified atom stereocenters. The van der Waals surface area contributed by atoms with Crippen LogP contribution in [0.1, 0.15) is 59.6 Å². The first-order valence-electron chi connectivity index (χ1n) is 11.2. The van der Waals surface area contributed by atoms with E-state index in [1.165, 1.54) is 35.9 Å². The molecule has 31 heavy (non-hydrogen) atoms. The van der Waals surface area contributed by atoms with Gasteiger partial charge in [0.1, 0.15) is 17.7 Å². The van der Waals surface area contributed by atoms with E-state index in [0.29, 0.717) is 18.0 Å². The molecule has 0 N–H and O–H groups in total. The fraction of sp³-hybridized carbons (Fsp3) is 0.385. The zero-order valence-corrected chi connectivity index (χ0v) is 17.9. The van der Waals surface area contributed by atoms with Gasteiger partial charge in [-0.25, -0.2) is 0 Å². The molecule has 2 heterocycles. The van der Waals surface area contributed by atoms with Crippen molar-refractivity contribution in [3.8, 4) is 5.75 Å². The summed E-state index contributed by atoms with van der Waals surface area (Å²) in [6.07, 6.45) is 4.50. The monoisotopic (exact) mass is 416 g/mol. The molecule has 0 radical (unpaired) electrons. The van der Waals surface area contributed by atoms with E-state index in [2.05, 4.69) is 65.5 Å². The summed E-state index contributed by atoms with van der Waals surface area (Å²) in [5.41, 5.74) is 4.20. The lowest BCUT2D eigenvalue weighted by molar-refractivity contribution is 0.0967. The molecule has 2 fully saturated rings. The summed E-state index contributed by atoms with van der Waals surface area (Å²) in [7, 11) is 0. The van der Waals surface area contributed by atoms with Crippen LogP contribution in [0.3, 0.4) is 0 Å². The Bertz CT molecular complexity index is 1000. The number of anilines is 1. The van der Waals surface area contributed by atoms with Crippen molar-refractivity contribution >= 4 is 11.5 Å². The number of aromatic nitrogens is 1. The lowest BCUT2D eigenvalue weighted by atomic mass is 9.88. The fourth-order valence-corrected chi connectivity index (χ4v) is 4.11. The van der Waals surface area contributed by atoms with E-state index in [9.17, 15) is 4.79 Å². The number of hydrogen-bond donors (Lipinski definition) is 0. The van der Waals surface area contributed by atoms with Crippen LogP contribution in [0.5, 0.6) is 5.75 Å². The van der Waals surface area contributed by atoms with Crippen LogP contribution in [0, 0.1) is 5.92 Å². The van der Waals surface area contributed by atoms with Gasteiger partial charge < -0.3 is 14.2 Å². The molecule has 5 rings (SSSR count). The molecule has 0 bridgehead atoms. The van der Waals surface area contributed by atoms with Crippen LogP contribution < -0.4 is 9.64 Å². The van der Waals surface area contributed by atoms with Crippen LogP contribution in [-0.4, -0.2) is 30.6 Å². The summed E-state index contributed by atoms with van der Waals surface area (Å²) in [6.45, 7) is 4.99. The lowest BCUT2D eigenvalue weighted by Crippen LogP contribution is -2.45. The molecule has 1 saturated heterocycles. The number of ketones is 1. The Balaban J connectivity index is 1.12. The molecule has 160 valence electrons. The third-order valence-corrected chi connectivity index (χ3v) is 6.46. The van der Waals surface area contributed by atoms with Gasteiger partial charge in [-0.05, 0) is 60.1 Å². The second kappa shape index (κ2) is 8.58. The summed E-state index contributed by atoms with van der Waals surface area (Å²) in [4.78, 5) is 14.7. The maximum atomic E-state index is 12.2. The van der Waals surface area contributed by atoms with Crippen LogP contribution >= 0.6 is 0 Å². The van der Waals surface area contributed by atoms with Gasteiger partial charge in [0, 0.05) is 37.2 Å². The molecule has 1 aliphatic heterocycles. The van der Waals surface area contributed by atoms with Crippen LogP contribution in [0.4, 0.5) is 5.69 Å². The van der Waals surface area contributed by atoms with Gasteiger partial charge in [0.15, 0.2) is 5.78 Å². The Morgan fingerprint density at radius 1 is 1.10 bits per heavy atom. The molecule has 1 aliphatic carbocycles. The minimum absolute atomic E-state index is 0.0175.